The fraction of sp³-hybridized carbons (Fsp3) is 0.250. The minimum Gasteiger partial charge on any atom is -0.490 e. The second kappa shape index (κ2) is 9.50. The molecule has 0 amide bonds. The summed E-state index contributed by atoms with van der Waals surface area (Å²) < 4.78 is 8.40. The smallest absolute Gasteiger partial charge is 0.174 e. The molecule has 0 spiro atoms. The standard InChI is InChI=1S/C28H27N5OS/c35-28-31-26(24-8-3-4-16-30-24)27(25-9-5-19-32(25)20-14-17-29-18-15-20)33(28)21-10-12-23(13-11-21)34-22-6-1-2-7-22/h3-5,8-19,22,26-27H,1-2,6-7H2,(H,31,35)/t26-,27+/m1/s1. The molecule has 1 saturated carbocycles. The fourth-order valence-corrected chi connectivity index (χ4v) is 5.54. The van der Waals surface area contributed by atoms with Gasteiger partial charge >= 0.3 is 0 Å². The highest BCUT2D eigenvalue weighted by Crippen LogP contribution is 2.42. The highest BCUT2D eigenvalue weighted by molar-refractivity contribution is 7.80. The number of rotatable bonds is 6. The van der Waals surface area contributed by atoms with Crippen molar-refractivity contribution in [3.8, 4) is 11.4 Å². The maximum Gasteiger partial charge on any atom is 0.174 e. The largest absolute Gasteiger partial charge is 0.490 e. The quantitative estimate of drug-likeness (QED) is 0.353. The van der Waals surface area contributed by atoms with Crippen molar-refractivity contribution in [3.63, 3.8) is 0 Å². The van der Waals surface area contributed by atoms with Gasteiger partial charge in [0, 0.05) is 41.9 Å². The Balaban J connectivity index is 1.39. The third kappa shape index (κ3) is 4.28. The number of hydrogen-bond acceptors (Lipinski definition) is 4. The first kappa shape index (κ1) is 21.8. The van der Waals surface area contributed by atoms with Crippen molar-refractivity contribution in [3.05, 3.63) is 103 Å². The second-order valence-corrected chi connectivity index (χ2v) is 9.41. The zero-order valence-electron chi connectivity index (χ0n) is 19.3. The van der Waals surface area contributed by atoms with Gasteiger partial charge in [0.1, 0.15) is 11.8 Å². The maximum atomic E-state index is 6.20. The predicted octanol–water partition coefficient (Wildman–Crippen LogP) is 5.77. The Kier molecular flexibility index (Phi) is 5.92. The molecule has 176 valence electrons. The molecule has 6 nitrogen and oxygen atoms in total. The Morgan fingerprint density at radius 1 is 0.857 bits per heavy atom. The van der Waals surface area contributed by atoms with Gasteiger partial charge in [-0.1, -0.05) is 6.07 Å². The van der Waals surface area contributed by atoms with E-state index in [4.69, 9.17) is 17.0 Å². The minimum atomic E-state index is -0.103. The van der Waals surface area contributed by atoms with Crippen molar-refractivity contribution in [1.29, 1.82) is 0 Å². The third-order valence-electron chi connectivity index (χ3n) is 6.84. The van der Waals surface area contributed by atoms with Crippen molar-refractivity contribution in [2.24, 2.45) is 0 Å². The molecule has 1 aliphatic carbocycles. The molecule has 6 rings (SSSR count). The monoisotopic (exact) mass is 481 g/mol. The van der Waals surface area contributed by atoms with Crippen molar-refractivity contribution in [2.45, 2.75) is 43.9 Å². The van der Waals surface area contributed by atoms with Gasteiger partial charge in [-0.05, 0) is 98.6 Å². The SMILES string of the molecule is S=C1N[C@H](c2ccccn2)[C@H](c2cccn2-c2ccncc2)N1c1ccc(OC2CCCC2)cc1. The molecule has 4 heterocycles. The van der Waals surface area contributed by atoms with Crippen LogP contribution in [0.5, 0.6) is 5.75 Å². The molecule has 0 unspecified atom stereocenters. The van der Waals surface area contributed by atoms with Crippen LogP contribution in [0.1, 0.15) is 49.2 Å². The molecule has 0 radical (unpaired) electrons. The second-order valence-electron chi connectivity index (χ2n) is 9.02. The van der Waals surface area contributed by atoms with E-state index in [1.165, 1.54) is 12.8 Å². The lowest BCUT2D eigenvalue weighted by molar-refractivity contribution is 0.210. The topological polar surface area (TPSA) is 55.2 Å². The highest BCUT2D eigenvalue weighted by atomic mass is 32.1. The first-order valence-corrected chi connectivity index (χ1v) is 12.5. The number of aromatic nitrogens is 3. The summed E-state index contributed by atoms with van der Waals surface area (Å²) in [6.45, 7) is 0. The van der Waals surface area contributed by atoms with E-state index < -0.39 is 0 Å². The lowest BCUT2D eigenvalue weighted by Crippen LogP contribution is -2.30. The molecule has 3 aromatic heterocycles. The van der Waals surface area contributed by atoms with E-state index in [1.54, 1.807) is 0 Å². The number of benzene rings is 1. The number of nitrogens with one attached hydrogen (secondary N) is 1. The van der Waals surface area contributed by atoms with Crippen LogP contribution in [0.2, 0.25) is 0 Å². The highest BCUT2D eigenvalue weighted by Gasteiger charge is 2.42. The van der Waals surface area contributed by atoms with E-state index in [2.05, 4.69) is 73.4 Å². The Morgan fingerprint density at radius 2 is 1.66 bits per heavy atom. The molecule has 1 N–H and O–H groups in total. The van der Waals surface area contributed by atoms with Gasteiger partial charge in [-0.2, -0.15) is 0 Å². The van der Waals surface area contributed by atoms with E-state index in [0.29, 0.717) is 11.2 Å². The van der Waals surface area contributed by atoms with Crippen molar-refractivity contribution in [2.75, 3.05) is 4.90 Å². The first-order valence-electron chi connectivity index (χ1n) is 12.1. The number of pyridine rings is 2. The molecule has 1 saturated heterocycles. The van der Waals surface area contributed by atoms with Crippen LogP contribution in [0.3, 0.4) is 0 Å². The molecule has 2 atom stereocenters. The predicted molar refractivity (Wildman–Crippen MR) is 141 cm³/mol. The van der Waals surface area contributed by atoms with Crippen LogP contribution in [0.15, 0.2) is 91.5 Å². The van der Waals surface area contributed by atoms with Crippen molar-refractivity contribution in [1.82, 2.24) is 19.9 Å². The van der Waals surface area contributed by atoms with Crippen molar-refractivity contribution >= 4 is 23.0 Å². The van der Waals surface area contributed by atoms with E-state index in [0.717, 1.165) is 41.4 Å². The maximum absolute atomic E-state index is 6.20. The third-order valence-corrected chi connectivity index (χ3v) is 7.16. The first-order chi connectivity index (χ1) is 17.3. The van der Waals surface area contributed by atoms with Crippen LogP contribution in [0.4, 0.5) is 5.69 Å². The van der Waals surface area contributed by atoms with Crippen LogP contribution in [0.25, 0.3) is 5.69 Å². The molecular formula is C28H27N5OS. The summed E-state index contributed by atoms with van der Waals surface area (Å²) in [6, 6.07) is 22.4. The number of hydrogen-bond donors (Lipinski definition) is 1. The Morgan fingerprint density at radius 3 is 2.40 bits per heavy atom. The van der Waals surface area contributed by atoms with Gasteiger partial charge in [0.2, 0.25) is 0 Å². The average Bonchev–Trinajstić information content (AvgIpc) is 3.66. The average molecular weight is 482 g/mol. The summed E-state index contributed by atoms with van der Waals surface area (Å²) in [4.78, 5) is 11.1. The van der Waals surface area contributed by atoms with Gasteiger partial charge in [0.15, 0.2) is 5.11 Å². The summed E-state index contributed by atoms with van der Waals surface area (Å²) in [5.41, 5.74) is 4.14. The van der Waals surface area contributed by atoms with Crippen LogP contribution < -0.4 is 15.0 Å². The number of anilines is 1. The molecule has 2 fully saturated rings. The summed E-state index contributed by atoms with van der Waals surface area (Å²) >= 11 is 5.90. The van der Waals surface area contributed by atoms with Crippen LogP contribution in [-0.2, 0) is 0 Å². The molecule has 35 heavy (non-hydrogen) atoms. The lowest BCUT2D eigenvalue weighted by Gasteiger charge is -2.29. The van der Waals surface area contributed by atoms with Gasteiger partial charge in [0.25, 0.3) is 0 Å². The Labute approximate surface area is 210 Å². The zero-order chi connectivity index (χ0) is 23.6. The van der Waals surface area contributed by atoms with Crippen LogP contribution in [0, 0.1) is 0 Å². The summed E-state index contributed by atoms with van der Waals surface area (Å²) in [5, 5.41) is 4.23. The van der Waals surface area contributed by atoms with E-state index in [-0.39, 0.29) is 12.1 Å². The van der Waals surface area contributed by atoms with E-state index >= 15 is 0 Å². The van der Waals surface area contributed by atoms with Crippen molar-refractivity contribution < 1.29 is 4.74 Å². The number of ether oxygens (including phenoxy) is 1. The van der Waals surface area contributed by atoms with Gasteiger partial charge in [0.05, 0.1) is 17.8 Å². The summed E-state index contributed by atoms with van der Waals surface area (Å²) in [7, 11) is 0. The Hall–Kier alpha value is -3.71. The molecular weight excluding hydrogens is 454 g/mol. The lowest BCUT2D eigenvalue weighted by atomic mass is 10.0. The van der Waals surface area contributed by atoms with Gasteiger partial charge < -0.3 is 19.5 Å². The normalized spacial score (nSPS) is 20.2. The number of nitrogens with zero attached hydrogens (tertiary/aromatic N) is 4. The van der Waals surface area contributed by atoms with Crippen LogP contribution >= 0.6 is 12.2 Å². The van der Waals surface area contributed by atoms with Crippen LogP contribution in [-0.4, -0.2) is 25.8 Å². The minimum absolute atomic E-state index is 0.0952. The molecule has 1 aliphatic heterocycles. The molecule has 7 heteroatoms. The van der Waals surface area contributed by atoms with E-state index in [9.17, 15) is 0 Å². The Bertz CT molecular complexity index is 1290. The van der Waals surface area contributed by atoms with E-state index in [1.807, 2.05) is 42.9 Å². The van der Waals surface area contributed by atoms with Gasteiger partial charge in [-0.25, -0.2) is 0 Å². The zero-order valence-corrected chi connectivity index (χ0v) is 20.1. The molecule has 4 aromatic rings. The van der Waals surface area contributed by atoms with Gasteiger partial charge in [-0.15, -0.1) is 0 Å². The number of thiocarbonyl (C=S) groups is 1. The molecule has 1 aromatic carbocycles. The summed E-state index contributed by atoms with van der Waals surface area (Å²) in [5.74, 6) is 0.914. The van der Waals surface area contributed by atoms with Gasteiger partial charge in [-0.3, -0.25) is 9.97 Å². The fourth-order valence-electron chi connectivity index (χ4n) is 5.19. The summed E-state index contributed by atoms with van der Waals surface area (Å²) in [6.07, 6.45) is 12.7. The molecule has 0 bridgehead atoms. The molecule has 2 aliphatic rings.